The summed E-state index contributed by atoms with van der Waals surface area (Å²) in [5.41, 5.74) is 1.14. The van der Waals surface area contributed by atoms with Crippen LogP contribution in [0.1, 0.15) is 34.9 Å². The van der Waals surface area contributed by atoms with Crippen LogP contribution in [0.2, 0.25) is 5.02 Å². The molecule has 29 heavy (non-hydrogen) atoms. The summed E-state index contributed by atoms with van der Waals surface area (Å²) < 4.78 is 3.87. The number of halogens is 2. The van der Waals surface area contributed by atoms with Gasteiger partial charge in [-0.05, 0) is 43.2 Å². The fourth-order valence-electron chi connectivity index (χ4n) is 3.74. The Morgan fingerprint density at radius 1 is 1.14 bits per heavy atom. The average molecular weight is 476 g/mol. The number of hydrogen-bond acceptors (Lipinski definition) is 3. The molecule has 2 heterocycles. The van der Waals surface area contributed by atoms with Gasteiger partial charge in [0.05, 0.1) is 16.3 Å². The molecular formula is C21H20BrClN4O2. The summed E-state index contributed by atoms with van der Waals surface area (Å²) in [5.74, 6) is 0.777. The molecule has 2 aromatic carbocycles. The van der Waals surface area contributed by atoms with Gasteiger partial charge in [0.15, 0.2) is 0 Å². The molecule has 0 unspecified atom stereocenters. The lowest BCUT2D eigenvalue weighted by atomic mass is 9.95. The highest BCUT2D eigenvalue weighted by Gasteiger charge is 2.29. The number of benzene rings is 2. The van der Waals surface area contributed by atoms with Crippen LogP contribution < -0.4 is 5.69 Å². The lowest BCUT2D eigenvalue weighted by molar-refractivity contribution is 0.0710. The number of rotatable bonds is 3. The molecule has 1 aliphatic rings. The van der Waals surface area contributed by atoms with Gasteiger partial charge in [-0.3, -0.25) is 4.79 Å². The zero-order valence-electron chi connectivity index (χ0n) is 15.9. The highest BCUT2D eigenvalue weighted by atomic mass is 79.9. The van der Waals surface area contributed by atoms with Crippen molar-refractivity contribution in [1.82, 2.24) is 19.2 Å². The molecule has 0 radical (unpaired) electrons. The van der Waals surface area contributed by atoms with Crippen molar-refractivity contribution in [3.05, 3.63) is 79.9 Å². The minimum absolute atomic E-state index is 0.0729. The molecule has 1 aliphatic heterocycles. The molecule has 0 atom stereocenters. The van der Waals surface area contributed by atoms with Crippen LogP contribution in [-0.4, -0.2) is 38.2 Å². The van der Waals surface area contributed by atoms with E-state index in [0.29, 0.717) is 23.7 Å². The number of aromatic nitrogens is 3. The van der Waals surface area contributed by atoms with Gasteiger partial charge in [-0.2, -0.15) is 5.10 Å². The molecule has 1 aromatic heterocycles. The van der Waals surface area contributed by atoms with Crippen LogP contribution in [0.25, 0.3) is 5.69 Å². The summed E-state index contributed by atoms with van der Waals surface area (Å²) in [6.45, 7) is 1.18. The van der Waals surface area contributed by atoms with Crippen molar-refractivity contribution in [2.24, 2.45) is 7.05 Å². The predicted molar refractivity (Wildman–Crippen MR) is 116 cm³/mol. The smallest absolute Gasteiger partial charge is 0.339 e. The lowest BCUT2D eigenvalue weighted by Crippen LogP contribution is -2.38. The van der Waals surface area contributed by atoms with Gasteiger partial charge in [-0.1, -0.05) is 45.7 Å². The highest BCUT2D eigenvalue weighted by molar-refractivity contribution is 9.10. The molecule has 4 rings (SSSR count). The summed E-state index contributed by atoms with van der Waals surface area (Å²) in [6.07, 6.45) is 1.47. The van der Waals surface area contributed by atoms with E-state index in [0.717, 1.165) is 28.8 Å². The first-order valence-corrected chi connectivity index (χ1v) is 10.6. The fourth-order valence-corrected chi connectivity index (χ4v) is 4.30. The Morgan fingerprint density at radius 2 is 1.83 bits per heavy atom. The summed E-state index contributed by atoms with van der Waals surface area (Å²) in [6, 6.07) is 14.8. The summed E-state index contributed by atoms with van der Waals surface area (Å²) in [5, 5.41) is 4.95. The third-order valence-electron chi connectivity index (χ3n) is 5.27. The molecule has 6 nitrogen and oxygen atoms in total. The molecule has 8 heteroatoms. The molecule has 1 saturated heterocycles. The quantitative estimate of drug-likeness (QED) is 0.575. The second kappa shape index (κ2) is 8.16. The van der Waals surface area contributed by atoms with Crippen LogP contribution >= 0.6 is 27.5 Å². The van der Waals surface area contributed by atoms with Crippen LogP contribution in [0.15, 0.2) is 57.8 Å². The largest absolute Gasteiger partial charge is 0.350 e. The van der Waals surface area contributed by atoms with Crippen molar-refractivity contribution in [2.75, 3.05) is 13.1 Å². The van der Waals surface area contributed by atoms with E-state index in [1.54, 1.807) is 23.7 Å². The number of likely N-dealkylation sites (tertiary alicyclic amines) is 1. The van der Waals surface area contributed by atoms with E-state index in [2.05, 4.69) is 21.0 Å². The number of nitrogens with zero attached hydrogens (tertiary/aromatic N) is 4. The first kappa shape index (κ1) is 19.9. The van der Waals surface area contributed by atoms with Gasteiger partial charge >= 0.3 is 5.69 Å². The number of para-hydroxylation sites is 1. The molecule has 0 N–H and O–H groups in total. The van der Waals surface area contributed by atoms with Gasteiger partial charge < -0.3 is 4.90 Å². The molecule has 150 valence electrons. The van der Waals surface area contributed by atoms with Crippen molar-refractivity contribution in [1.29, 1.82) is 0 Å². The Balaban J connectivity index is 1.55. The third kappa shape index (κ3) is 3.89. The van der Waals surface area contributed by atoms with Crippen LogP contribution in [0.4, 0.5) is 0 Å². The molecule has 0 saturated carbocycles. The lowest BCUT2D eigenvalue weighted by Gasteiger charge is -2.32. The maximum atomic E-state index is 12.9. The second-order valence-corrected chi connectivity index (χ2v) is 8.45. The molecule has 1 fully saturated rings. The van der Waals surface area contributed by atoms with E-state index in [-0.39, 0.29) is 17.5 Å². The topological polar surface area (TPSA) is 60.1 Å². The molecular weight excluding hydrogens is 456 g/mol. The van der Waals surface area contributed by atoms with Gasteiger partial charge in [0, 0.05) is 30.5 Å². The van der Waals surface area contributed by atoms with E-state index >= 15 is 0 Å². The fraction of sp³-hybridized carbons (Fsp3) is 0.286. The first-order valence-electron chi connectivity index (χ1n) is 9.41. The highest BCUT2D eigenvalue weighted by Crippen LogP contribution is 2.30. The van der Waals surface area contributed by atoms with Crippen molar-refractivity contribution < 1.29 is 4.79 Å². The molecule has 0 aliphatic carbocycles. The molecule has 1 amide bonds. The summed E-state index contributed by atoms with van der Waals surface area (Å²) >= 11 is 9.62. The minimum atomic E-state index is -0.161. The summed E-state index contributed by atoms with van der Waals surface area (Å²) in [7, 11) is 1.67. The Morgan fingerprint density at radius 3 is 2.52 bits per heavy atom. The zero-order valence-corrected chi connectivity index (χ0v) is 18.2. The first-order chi connectivity index (χ1) is 14.0. The van der Waals surface area contributed by atoms with Gasteiger partial charge in [0.1, 0.15) is 5.82 Å². The number of carbonyl (C=O) groups excluding carboxylic acids is 1. The average Bonchev–Trinajstić information content (AvgIpc) is 3.04. The Hall–Kier alpha value is -2.38. The molecule has 3 aromatic rings. The van der Waals surface area contributed by atoms with Gasteiger partial charge in [-0.15, -0.1) is 0 Å². The predicted octanol–water partition coefficient (Wildman–Crippen LogP) is 4.01. The molecule has 0 bridgehead atoms. The van der Waals surface area contributed by atoms with E-state index < -0.39 is 0 Å². The van der Waals surface area contributed by atoms with Crippen molar-refractivity contribution in [3.63, 3.8) is 0 Å². The van der Waals surface area contributed by atoms with Crippen LogP contribution in [-0.2, 0) is 7.05 Å². The zero-order chi connectivity index (χ0) is 20.5. The van der Waals surface area contributed by atoms with Crippen molar-refractivity contribution in [2.45, 2.75) is 18.8 Å². The van der Waals surface area contributed by atoms with Crippen molar-refractivity contribution in [3.8, 4) is 5.69 Å². The van der Waals surface area contributed by atoms with Crippen LogP contribution in [0.3, 0.4) is 0 Å². The number of piperidine rings is 1. The Bertz CT molecular complexity index is 1100. The van der Waals surface area contributed by atoms with E-state index in [1.807, 2.05) is 41.3 Å². The van der Waals surface area contributed by atoms with E-state index in [9.17, 15) is 9.59 Å². The van der Waals surface area contributed by atoms with Gasteiger partial charge in [0.25, 0.3) is 5.91 Å². The second-order valence-electron chi connectivity index (χ2n) is 7.13. The standard InChI is InChI=1S/C21H20BrClN4O2/c1-25-21(29)27(16-5-3-2-4-6-16)19(24-25)14-9-11-26(12-10-14)20(28)17-13-15(22)7-8-18(17)23/h2-8,13-14H,9-12H2,1H3. The van der Waals surface area contributed by atoms with Crippen LogP contribution in [0.5, 0.6) is 0 Å². The monoisotopic (exact) mass is 474 g/mol. The number of amides is 1. The van der Waals surface area contributed by atoms with Crippen molar-refractivity contribution >= 4 is 33.4 Å². The normalized spacial score (nSPS) is 14.9. The van der Waals surface area contributed by atoms with E-state index in [4.69, 9.17) is 11.6 Å². The molecule has 0 spiro atoms. The number of carbonyl (C=O) groups is 1. The van der Waals surface area contributed by atoms with Gasteiger partial charge in [-0.25, -0.2) is 14.0 Å². The SMILES string of the molecule is Cn1nc(C2CCN(C(=O)c3cc(Br)ccc3Cl)CC2)n(-c2ccccc2)c1=O. The number of hydrogen-bond donors (Lipinski definition) is 0. The maximum absolute atomic E-state index is 12.9. The van der Waals surface area contributed by atoms with E-state index in [1.165, 1.54) is 4.68 Å². The summed E-state index contributed by atoms with van der Waals surface area (Å²) in [4.78, 5) is 27.4. The Kier molecular flexibility index (Phi) is 5.61. The van der Waals surface area contributed by atoms with Gasteiger partial charge in [0.2, 0.25) is 0 Å². The minimum Gasteiger partial charge on any atom is -0.339 e. The Labute approximate surface area is 181 Å². The third-order valence-corrected chi connectivity index (χ3v) is 6.09. The van der Waals surface area contributed by atoms with Crippen LogP contribution in [0, 0.1) is 0 Å². The maximum Gasteiger partial charge on any atom is 0.350 e. The number of aryl methyl sites for hydroxylation is 1.